The molecule has 0 saturated carbocycles. The minimum atomic E-state index is 0.478. The van der Waals surface area contributed by atoms with E-state index >= 15 is 0 Å². The van der Waals surface area contributed by atoms with Crippen molar-refractivity contribution in [2.75, 3.05) is 13.6 Å². The van der Waals surface area contributed by atoms with Crippen molar-refractivity contribution in [3.05, 3.63) is 33.9 Å². The van der Waals surface area contributed by atoms with Crippen LogP contribution in [0.2, 0.25) is 0 Å². The molecule has 0 atom stereocenters. The summed E-state index contributed by atoms with van der Waals surface area (Å²) >= 11 is 0. The number of nitriles is 1. The fourth-order valence-electron chi connectivity index (χ4n) is 1.98. The Kier molecular flexibility index (Phi) is 4.09. The average Bonchev–Trinajstić information content (AvgIpc) is 2.22. The normalized spacial score (nSPS) is 10.6. The van der Waals surface area contributed by atoms with E-state index in [1.165, 1.54) is 27.8 Å². The molecule has 86 valence electrons. The van der Waals surface area contributed by atoms with Crippen LogP contribution in [-0.4, -0.2) is 18.5 Å². The second-order valence-corrected chi connectivity index (χ2v) is 4.57. The van der Waals surface area contributed by atoms with Crippen molar-refractivity contribution in [3.8, 4) is 6.07 Å². The first-order chi connectivity index (χ1) is 7.47. The summed E-state index contributed by atoms with van der Waals surface area (Å²) in [6, 6.07) is 4.42. The molecule has 0 bridgehead atoms. The maximum atomic E-state index is 8.67. The Morgan fingerprint density at radius 3 is 2.06 bits per heavy atom. The maximum absolute atomic E-state index is 8.67. The molecule has 2 heteroatoms. The van der Waals surface area contributed by atoms with Gasteiger partial charge in [-0.25, -0.2) is 0 Å². The van der Waals surface area contributed by atoms with Crippen LogP contribution < -0.4 is 0 Å². The van der Waals surface area contributed by atoms with E-state index in [1.807, 2.05) is 11.9 Å². The number of aryl methyl sites for hydroxylation is 2. The molecule has 0 N–H and O–H groups in total. The van der Waals surface area contributed by atoms with Gasteiger partial charge in [0.1, 0.15) is 0 Å². The van der Waals surface area contributed by atoms with Gasteiger partial charge in [-0.2, -0.15) is 5.26 Å². The van der Waals surface area contributed by atoms with E-state index in [1.54, 1.807) is 0 Å². The van der Waals surface area contributed by atoms with E-state index in [9.17, 15) is 0 Å². The van der Waals surface area contributed by atoms with Crippen LogP contribution in [0.1, 0.15) is 27.8 Å². The highest BCUT2D eigenvalue weighted by Gasteiger charge is 2.10. The summed E-state index contributed by atoms with van der Waals surface area (Å²) in [6.07, 6.45) is 0. The average molecular weight is 216 g/mol. The molecule has 0 spiro atoms. The lowest BCUT2D eigenvalue weighted by Gasteiger charge is -2.19. The molecule has 1 aromatic carbocycles. The Bertz CT molecular complexity index is 401. The molecule has 1 aromatic rings. The Labute approximate surface area is 98.5 Å². The van der Waals surface area contributed by atoms with E-state index in [-0.39, 0.29) is 0 Å². The van der Waals surface area contributed by atoms with Gasteiger partial charge in [0.2, 0.25) is 0 Å². The molecular weight excluding hydrogens is 196 g/mol. The van der Waals surface area contributed by atoms with Gasteiger partial charge >= 0.3 is 0 Å². The summed E-state index contributed by atoms with van der Waals surface area (Å²) < 4.78 is 0. The second-order valence-electron chi connectivity index (χ2n) is 4.57. The molecule has 0 heterocycles. The topological polar surface area (TPSA) is 27.0 Å². The van der Waals surface area contributed by atoms with E-state index < -0.39 is 0 Å². The van der Waals surface area contributed by atoms with E-state index in [0.717, 1.165) is 6.54 Å². The first kappa shape index (κ1) is 12.7. The van der Waals surface area contributed by atoms with Gasteiger partial charge < -0.3 is 0 Å². The zero-order valence-corrected chi connectivity index (χ0v) is 10.9. The van der Waals surface area contributed by atoms with Gasteiger partial charge in [0.25, 0.3) is 0 Å². The molecule has 0 radical (unpaired) electrons. The molecule has 2 nitrogen and oxygen atoms in total. The molecule has 0 unspecified atom stereocenters. The molecule has 1 rings (SSSR count). The van der Waals surface area contributed by atoms with Crippen molar-refractivity contribution in [2.24, 2.45) is 0 Å². The monoisotopic (exact) mass is 216 g/mol. The van der Waals surface area contributed by atoms with Crippen molar-refractivity contribution >= 4 is 0 Å². The molecule has 0 aromatic heterocycles. The van der Waals surface area contributed by atoms with Crippen LogP contribution in [0.15, 0.2) is 6.07 Å². The van der Waals surface area contributed by atoms with Crippen LogP contribution in [0.3, 0.4) is 0 Å². The van der Waals surface area contributed by atoms with Crippen LogP contribution in [0, 0.1) is 39.0 Å². The van der Waals surface area contributed by atoms with E-state index in [2.05, 4.69) is 39.8 Å². The molecular formula is C14H20N2. The lowest BCUT2D eigenvalue weighted by molar-refractivity contribution is 0.365. The third-order valence-corrected chi connectivity index (χ3v) is 3.29. The third kappa shape index (κ3) is 2.62. The largest absolute Gasteiger partial charge is 0.289 e. The highest BCUT2D eigenvalue weighted by atomic mass is 15.1. The number of hydrogen-bond acceptors (Lipinski definition) is 2. The number of hydrogen-bond donors (Lipinski definition) is 0. The number of nitrogens with zero attached hydrogens (tertiary/aromatic N) is 2. The van der Waals surface area contributed by atoms with Gasteiger partial charge in [-0.3, -0.25) is 4.90 Å². The molecule has 0 amide bonds. The first-order valence-corrected chi connectivity index (χ1v) is 5.59. The van der Waals surface area contributed by atoms with Gasteiger partial charge in [0.05, 0.1) is 12.6 Å². The van der Waals surface area contributed by atoms with Crippen LogP contribution >= 0.6 is 0 Å². The smallest absolute Gasteiger partial charge is 0.0866 e. The van der Waals surface area contributed by atoms with Crippen LogP contribution in [0.25, 0.3) is 0 Å². The summed E-state index contributed by atoms with van der Waals surface area (Å²) in [6.45, 7) is 9.96. The Hall–Kier alpha value is -1.33. The van der Waals surface area contributed by atoms with Crippen molar-refractivity contribution < 1.29 is 0 Å². The minimum Gasteiger partial charge on any atom is -0.289 e. The summed E-state index contributed by atoms with van der Waals surface area (Å²) in [5, 5.41) is 8.67. The second kappa shape index (κ2) is 5.14. The van der Waals surface area contributed by atoms with Crippen LogP contribution in [0.5, 0.6) is 0 Å². The SMILES string of the molecule is Cc1cc(C)c(C)c(CN(C)CC#N)c1C. The van der Waals surface area contributed by atoms with Crippen LogP contribution in [0.4, 0.5) is 0 Å². The minimum absolute atomic E-state index is 0.478. The van der Waals surface area contributed by atoms with Crippen LogP contribution in [-0.2, 0) is 6.54 Å². The molecule has 0 aliphatic carbocycles. The zero-order valence-electron chi connectivity index (χ0n) is 10.9. The summed E-state index contributed by atoms with van der Waals surface area (Å²) in [7, 11) is 1.99. The maximum Gasteiger partial charge on any atom is 0.0866 e. The number of rotatable bonds is 3. The Balaban J connectivity index is 3.08. The lowest BCUT2D eigenvalue weighted by atomic mass is 9.94. The molecule has 0 aliphatic rings. The van der Waals surface area contributed by atoms with Crippen molar-refractivity contribution in [3.63, 3.8) is 0 Å². The lowest BCUT2D eigenvalue weighted by Crippen LogP contribution is -2.19. The molecule has 16 heavy (non-hydrogen) atoms. The summed E-state index contributed by atoms with van der Waals surface area (Å²) in [5.74, 6) is 0. The number of benzene rings is 1. The third-order valence-electron chi connectivity index (χ3n) is 3.29. The highest BCUT2D eigenvalue weighted by Crippen LogP contribution is 2.22. The van der Waals surface area contributed by atoms with E-state index in [4.69, 9.17) is 5.26 Å². The predicted octanol–water partition coefficient (Wildman–Crippen LogP) is 2.88. The van der Waals surface area contributed by atoms with Gasteiger partial charge in [-0.05, 0) is 62.6 Å². The quantitative estimate of drug-likeness (QED) is 0.726. The molecule has 0 saturated heterocycles. The van der Waals surface area contributed by atoms with E-state index in [0.29, 0.717) is 6.54 Å². The fourth-order valence-corrected chi connectivity index (χ4v) is 1.98. The van der Waals surface area contributed by atoms with Crippen molar-refractivity contribution in [2.45, 2.75) is 34.2 Å². The standard InChI is InChI=1S/C14H20N2/c1-10-8-11(2)13(4)14(12(10)3)9-16(5)7-6-15/h8H,7,9H2,1-5H3. The van der Waals surface area contributed by atoms with Gasteiger partial charge in [-0.1, -0.05) is 6.07 Å². The molecule has 0 fully saturated rings. The Morgan fingerprint density at radius 2 is 1.62 bits per heavy atom. The Morgan fingerprint density at radius 1 is 1.12 bits per heavy atom. The summed E-state index contributed by atoms with van der Waals surface area (Å²) in [4.78, 5) is 2.05. The highest BCUT2D eigenvalue weighted by molar-refractivity contribution is 5.43. The summed E-state index contributed by atoms with van der Waals surface area (Å²) in [5.41, 5.74) is 6.75. The first-order valence-electron chi connectivity index (χ1n) is 5.59. The predicted molar refractivity (Wildman–Crippen MR) is 67.3 cm³/mol. The van der Waals surface area contributed by atoms with Crippen molar-refractivity contribution in [1.29, 1.82) is 5.26 Å². The molecule has 0 aliphatic heterocycles. The van der Waals surface area contributed by atoms with Gasteiger partial charge in [-0.15, -0.1) is 0 Å². The fraction of sp³-hybridized carbons (Fsp3) is 0.500. The van der Waals surface area contributed by atoms with Gasteiger partial charge in [0.15, 0.2) is 0 Å². The van der Waals surface area contributed by atoms with Gasteiger partial charge in [0, 0.05) is 6.54 Å². The zero-order chi connectivity index (χ0) is 12.3. The van der Waals surface area contributed by atoms with Crippen molar-refractivity contribution in [1.82, 2.24) is 4.90 Å².